The van der Waals surface area contributed by atoms with Crippen LogP contribution in [0.4, 0.5) is 20.4 Å². The van der Waals surface area contributed by atoms with E-state index in [9.17, 15) is 22.7 Å². The van der Waals surface area contributed by atoms with Gasteiger partial charge in [0.15, 0.2) is 11.6 Å². The minimum absolute atomic E-state index is 0.0186. The number of aliphatic hydroxyl groups excluding tert-OH is 1. The number of benzene rings is 2. The van der Waals surface area contributed by atoms with Gasteiger partial charge in [-0.3, -0.25) is 9.52 Å². The zero-order chi connectivity index (χ0) is 25.7. The fraction of sp³-hybridized carbons (Fsp3) is 0.100. The molecule has 35 heavy (non-hydrogen) atoms. The number of fused-ring (bicyclic) bond motifs is 1. The second kappa shape index (κ2) is 9.00. The Kier molecular flexibility index (Phi) is 6.36. The van der Waals surface area contributed by atoms with Crippen LogP contribution < -0.4 is 16.0 Å². The maximum Gasteiger partial charge on any atom is 0.282 e. The molecule has 0 fully saturated rings. The van der Waals surface area contributed by atoms with Gasteiger partial charge in [0.05, 0.1) is 28.4 Å². The van der Waals surface area contributed by atoms with E-state index < -0.39 is 50.1 Å². The second-order valence-electron chi connectivity index (χ2n) is 7.19. The van der Waals surface area contributed by atoms with E-state index in [-0.39, 0.29) is 38.2 Å². The van der Waals surface area contributed by atoms with Crippen LogP contribution in [-0.2, 0) is 16.6 Å². The first-order valence-electron chi connectivity index (χ1n) is 9.56. The molecule has 0 saturated heterocycles. The smallest absolute Gasteiger partial charge is 0.282 e. The molecule has 4 N–H and O–H groups in total. The third-order valence-electron chi connectivity index (χ3n) is 4.89. The van der Waals surface area contributed by atoms with Crippen molar-refractivity contribution in [2.45, 2.75) is 18.4 Å². The summed E-state index contributed by atoms with van der Waals surface area (Å²) in [5.41, 5.74) is 3.14. The number of hydrogen-bond acceptors (Lipinski definition) is 8. The van der Waals surface area contributed by atoms with Gasteiger partial charge in [-0.15, -0.1) is 0 Å². The maximum atomic E-state index is 15.4. The van der Waals surface area contributed by atoms with E-state index in [0.29, 0.717) is 4.68 Å². The van der Waals surface area contributed by atoms with Gasteiger partial charge in [0.2, 0.25) is 5.95 Å². The number of nitrogens with one attached hydrogen (secondary N) is 1. The van der Waals surface area contributed by atoms with Crippen molar-refractivity contribution in [3.8, 4) is 5.69 Å². The Bertz CT molecular complexity index is 1680. The average Bonchev–Trinajstić information content (AvgIpc) is 2.80. The van der Waals surface area contributed by atoms with Crippen molar-refractivity contribution >= 4 is 55.8 Å². The maximum absolute atomic E-state index is 15.4. The number of rotatable bonds is 5. The normalized spacial score (nSPS) is 11.7. The minimum Gasteiger partial charge on any atom is -0.392 e. The first-order valence-corrected chi connectivity index (χ1v) is 11.8. The molecule has 182 valence electrons. The summed E-state index contributed by atoms with van der Waals surface area (Å²) in [6, 6.07) is 3.83. The molecule has 0 aliphatic rings. The summed E-state index contributed by atoms with van der Waals surface area (Å²) in [5, 5.41) is 12.8. The topological polar surface area (TPSA) is 153 Å². The fourth-order valence-corrected chi connectivity index (χ4v) is 5.26. The van der Waals surface area contributed by atoms with Gasteiger partial charge in [0.1, 0.15) is 16.1 Å². The third kappa shape index (κ3) is 4.38. The van der Waals surface area contributed by atoms with Crippen LogP contribution in [0.2, 0.25) is 10.0 Å². The zero-order valence-electron chi connectivity index (χ0n) is 17.6. The van der Waals surface area contributed by atoms with Crippen LogP contribution in [0.25, 0.3) is 16.6 Å². The molecule has 0 bridgehead atoms. The van der Waals surface area contributed by atoms with E-state index in [1.807, 2.05) is 4.72 Å². The number of halogens is 4. The molecular weight excluding hydrogens is 529 g/mol. The lowest BCUT2D eigenvalue weighted by Gasteiger charge is -2.15. The molecule has 0 amide bonds. The number of nitrogens with two attached hydrogens (primary N) is 1. The molecule has 15 heteroatoms. The molecule has 0 saturated carbocycles. The van der Waals surface area contributed by atoms with E-state index >= 15 is 4.39 Å². The predicted molar refractivity (Wildman–Crippen MR) is 125 cm³/mol. The number of aliphatic hydroxyl groups is 1. The van der Waals surface area contributed by atoms with Crippen molar-refractivity contribution in [3.63, 3.8) is 0 Å². The Morgan fingerprint density at radius 3 is 2.63 bits per heavy atom. The van der Waals surface area contributed by atoms with E-state index in [4.69, 9.17) is 28.9 Å². The predicted octanol–water partition coefficient (Wildman–Crippen LogP) is 2.94. The zero-order valence-corrected chi connectivity index (χ0v) is 19.9. The van der Waals surface area contributed by atoms with Crippen LogP contribution >= 0.6 is 23.2 Å². The molecule has 2 aromatic heterocycles. The lowest BCUT2D eigenvalue weighted by molar-refractivity contribution is 0.281. The lowest BCUT2D eigenvalue weighted by Crippen LogP contribution is -2.26. The average molecular weight is 543 g/mol. The van der Waals surface area contributed by atoms with E-state index in [2.05, 4.69) is 15.1 Å². The summed E-state index contributed by atoms with van der Waals surface area (Å²) < 4.78 is 58.5. The quantitative estimate of drug-likeness (QED) is 0.347. The molecule has 0 aliphatic heterocycles. The van der Waals surface area contributed by atoms with Crippen molar-refractivity contribution in [2.75, 3.05) is 10.5 Å². The fourth-order valence-electron chi connectivity index (χ4n) is 3.28. The molecular formula is C20H14Cl2F2N6O4S. The summed E-state index contributed by atoms with van der Waals surface area (Å²) in [5.74, 6) is -2.75. The van der Waals surface area contributed by atoms with Gasteiger partial charge < -0.3 is 10.8 Å². The largest absolute Gasteiger partial charge is 0.392 e. The van der Waals surface area contributed by atoms with Gasteiger partial charge in [0.25, 0.3) is 15.6 Å². The highest BCUT2D eigenvalue weighted by Crippen LogP contribution is 2.32. The molecule has 0 aliphatic carbocycles. The number of anilines is 2. The standard InChI is InChI=1S/C20H14Cl2F2N6O4S/c1-8-17-11(6-26-20(25)27-17)19(32)30(28-8)18-12(23)2-3-13(16(18)24)29-35(33,34)14-5-10(21)4-9(7-31)15(14)22/h2-6,29,31H,7H2,1H3,(H2,25,26,27). The van der Waals surface area contributed by atoms with Crippen LogP contribution in [0, 0.1) is 18.6 Å². The SMILES string of the molecule is Cc1nn(-c2c(F)ccc(NS(=O)(=O)c3cc(Cl)cc(CO)c3Cl)c2F)c(=O)c2cnc(N)nc12. The molecule has 0 atom stereocenters. The van der Waals surface area contributed by atoms with E-state index in [1.165, 1.54) is 13.0 Å². The van der Waals surface area contributed by atoms with Crippen molar-refractivity contribution in [1.82, 2.24) is 19.7 Å². The summed E-state index contributed by atoms with van der Waals surface area (Å²) in [6.07, 6.45) is 1.09. The molecule has 0 radical (unpaired) electrons. The first kappa shape index (κ1) is 24.7. The Balaban J connectivity index is 1.88. The Morgan fingerprint density at radius 2 is 1.94 bits per heavy atom. The first-order chi connectivity index (χ1) is 16.4. The number of aryl methyl sites for hydroxylation is 1. The molecule has 4 aromatic rings. The summed E-state index contributed by atoms with van der Waals surface area (Å²) in [4.78, 5) is 20.0. The molecule has 0 spiro atoms. The van der Waals surface area contributed by atoms with Crippen molar-refractivity contribution in [3.05, 3.63) is 73.8 Å². The highest BCUT2D eigenvalue weighted by Gasteiger charge is 2.26. The third-order valence-corrected chi connectivity index (χ3v) is 7.05. The minimum atomic E-state index is -4.57. The van der Waals surface area contributed by atoms with Gasteiger partial charge in [-0.05, 0) is 36.8 Å². The number of sulfonamides is 1. The molecule has 10 nitrogen and oxygen atoms in total. The van der Waals surface area contributed by atoms with Crippen LogP contribution in [-0.4, -0.2) is 33.3 Å². The van der Waals surface area contributed by atoms with Crippen molar-refractivity contribution < 1.29 is 22.3 Å². The number of hydrogen-bond donors (Lipinski definition) is 3. The van der Waals surface area contributed by atoms with Crippen LogP contribution in [0.3, 0.4) is 0 Å². The molecule has 0 unspecified atom stereocenters. The molecule has 2 heterocycles. The number of nitrogens with zero attached hydrogens (tertiary/aromatic N) is 4. The van der Waals surface area contributed by atoms with Crippen LogP contribution in [0.15, 0.2) is 40.2 Å². The monoisotopic (exact) mass is 542 g/mol. The lowest BCUT2D eigenvalue weighted by atomic mass is 10.2. The highest BCUT2D eigenvalue weighted by molar-refractivity contribution is 7.92. The Hall–Kier alpha value is -3.39. The summed E-state index contributed by atoms with van der Waals surface area (Å²) >= 11 is 12.0. The van der Waals surface area contributed by atoms with E-state index in [1.54, 1.807) is 0 Å². The molecule has 4 rings (SSSR count). The number of nitrogen functional groups attached to an aromatic ring is 1. The van der Waals surface area contributed by atoms with Crippen LogP contribution in [0.1, 0.15) is 11.3 Å². The Morgan fingerprint density at radius 1 is 1.23 bits per heavy atom. The summed E-state index contributed by atoms with van der Waals surface area (Å²) in [6.45, 7) is 0.829. The van der Waals surface area contributed by atoms with Gasteiger partial charge in [-0.25, -0.2) is 27.2 Å². The molecule has 2 aromatic carbocycles. The van der Waals surface area contributed by atoms with Gasteiger partial charge >= 0.3 is 0 Å². The van der Waals surface area contributed by atoms with Gasteiger partial charge in [0, 0.05) is 11.2 Å². The number of aromatic nitrogens is 4. The van der Waals surface area contributed by atoms with E-state index in [0.717, 1.165) is 24.4 Å². The van der Waals surface area contributed by atoms with Crippen LogP contribution in [0.5, 0.6) is 0 Å². The van der Waals surface area contributed by atoms with Crippen molar-refractivity contribution in [2.24, 2.45) is 0 Å². The van der Waals surface area contributed by atoms with Crippen molar-refractivity contribution in [1.29, 1.82) is 0 Å². The van der Waals surface area contributed by atoms with Gasteiger partial charge in [-0.1, -0.05) is 23.2 Å². The highest BCUT2D eigenvalue weighted by atomic mass is 35.5. The summed E-state index contributed by atoms with van der Waals surface area (Å²) in [7, 11) is -4.57. The Labute approximate surface area is 206 Å². The second-order valence-corrected chi connectivity index (χ2v) is 9.66. The van der Waals surface area contributed by atoms with Gasteiger partial charge in [-0.2, -0.15) is 9.78 Å².